The summed E-state index contributed by atoms with van der Waals surface area (Å²) in [5.74, 6) is 1.26. The second-order valence-electron chi connectivity index (χ2n) is 6.22. The molecule has 134 valence electrons. The fraction of sp³-hybridized carbons (Fsp3) is 0.368. The van der Waals surface area contributed by atoms with Crippen molar-refractivity contribution in [1.82, 2.24) is 5.32 Å². The second kappa shape index (κ2) is 8.37. The monoisotopic (exact) mass is 344 g/mol. The minimum atomic E-state index is -0.429. The highest BCUT2D eigenvalue weighted by atomic mass is 16.5. The molecule has 0 aliphatic rings. The molecule has 6 heteroatoms. The number of amides is 1. The SMILES string of the molecule is COc1cc(C(C)NC(=O)c2cccc[n+]2[O-])ccc1OCC(C)C. The van der Waals surface area contributed by atoms with E-state index in [9.17, 15) is 10.0 Å². The van der Waals surface area contributed by atoms with Gasteiger partial charge in [0.15, 0.2) is 17.7 Å². The van der Waals surface area contributed by atoms with Gasteiger partial charge in [0.1, 0.15) is 0 Å². The first-order chi connectivity index (χ1) is 11.9. The Bertz CT molecular complexity index is 731. The van der Waals surface area contributed by atoms with E-state index in [1.54, 1.807) is 19.2 Å². The maximum Gasteiger partial charge on any atom is 0.317 e. The van der Waals surface area contributed by atoms with Crippen molar-refractivity contribution in [2.24, 2.45) is 5.92 Å². The van der Waals surface area contributed by atoms with E-state index in [4.69, 9.17) is 9.47 Å². The number of nitrogens with zero attached hydrogens (tertiary/aromatic N) is 1. The van der Waals surface area contributed by atoms with Crippen LogP contribution in [0.15, 0.2) is 42.6 Å². The van der Waals surface area contributed by atoms with Crippen molar-refractivity contribution >= 4 is 5.91 Å². The maximum atomic E-state index is 12.3. The average Bonchev–Trinajstić information content (AvgIpc) is 2.59. The Morgan fingerprint density at radius 1 is 1.20 bits per heavy atom. The maximum absolute atomic E-state index is 12.3. The first-order valence-electron chi connectivity index (χ1n) is 8.22. The van der Waals surface area contributed by atoms with E-state index >= 15 is 0 Å². The van der Waals surface area contributed by atoms with E-state index in [1.165, 1.54) is 12.3 Å². The summed E-state index contributed by atoms with van der Waals surface area (Å²) in [6.45, 7) is 6.59. The van der Waals surface area contributed by atoms with Gasteiger partial charge in [-0.3, -0.25) is 4.79 Å². The largest absolute Gasteiger partial charge is 0.618 e. The van der Waals surface area contributed by atoms with Crippen LogP contribution in [0.3, 0.4) is 0 Å². The van der Waals surface area contributed by atoms with E-state index < -0.39 is 5.91 Å². The topological polar surface area (TPSA) is 74.5 Å². The van der Waals surface area contributed by atoms with Crippen LogP contribution in [0.5, 0.6) is 11.5 Å². The Kier molecular flexibility index (Phi) is 6.22. The summed E-state index contributed by atoms with van der Waals surface area (Å²) >= 11 is 0. The summed E-state index contributed by atoms with van der Waals surface area (Å²) < 4.78 is 11.7. The molecule has 1 atom stereocenters. The molecular weight excluding hydrogens is 320 g/mol. The van der Waals surface area contributed by atoms with Crippen LogP contribution in [0.25, 0.3) is 0 Å². The first kappa shape index (κ1) is 18.6. The number of benzene rings is 1. The zero-order chi connectivity index (χ0) is 18.4. The van der Waals surface area contributed by atoms with Gasteiger partial charge in [0.25, 0.3) is 5.69 Å². The van der Waals surface area contributed by atoms with E-state index in [-0.39, 0.29) is 11.7 Å². The Balaban J connectivity index is 2.12. The Hall–Kier alpha value is -2.76. The van der Waals surface area contributed by atoms with Crippen LogP contribution in [-0.2, 0) is 0 Å². The minimum Gasteiger partial charge on any atom is -0.618 e. The predicted molar refractivity (Wildman–Crippen MR) is 94.6 cm³/mol. The van der Waals surface area contributed by atoms with Gasteiger partial charge < -0.3 is 20.0 Å². The molecule has 0 radical (unpaired) electrons. The number of hydrogen-bond acceptors (Lipinski definition) is 4. The van der Waals surface area contributed by atoms with Crippen LogP contribution in [0.4, 0.5) is 0 Å². The van der Waals surface area contributed by atoms with Crippen molar-refractivity contribution in [3.8, 4) is 11.5 Å². The van der Waals surface area contributed by atoms with Gasteiger partial charge in [0, 0.05) is 12.1 Å². The summed E-state index contributed by atoms with van der Waals surface area (Å²) in [7, 11) is 1.58. The Labute approximate surface area is 148 Å². The number of carbonyl (C=O) groups is 1. The molecule has 0 spiro atoms. The second-order valence-corrected chi connectivity index (χ2v) is 6.22. The van der Waals surface area contributed by atoms with Gasteiger partial charge in [0.2, 0.25) is 0 Å². The third kappa shape index (κ3) is 4.86. The lowest BCUT2D eigenvalue weighted by Gasteiger charge is -2.17. The molecule has 1 N–H and O–H groups in total. The fourth-order valence-electron chi connectivity index (χ4n) is 2.29. The minimum absolute atomic E-state index is 0.0539. The molecule has 1 aromatic carbocycles. The van der Waals surface area contributed by atoms with Gasteiger partial charge in [0.05, 0.1) is 19.8 Å². The zero-order valence-electron chi connectivity index (χ0n) is 15.0. The smallest absolute Gasteiger partial charge is 0.317 e. The van der Waals surface area contributed by atoms with Gasteiger partial charge in [-0.2, -0.15) is 4.73 Å². The molecule has 6 nitrogen and oxygen atoms in total. The third-order valence-corrected chi connectivity index (χ3v) is 3.66. The lowest BCUT2D eigenvalue weighted by atomic mass is 10.1. The van der Waals surface area contributed by atoms with Crippen molar-refractivity contribution in [2.75, 3.05) is 13.7 Å². The zero-order valence-corrected chi connectivity index (χ0v) is 15.0. The molecule has 0 bridgehead atoms. The molecule has 0 saturated heterocycles. The Morgan fingerprint density at radius 3 is 2.60 bits per heavy atom. The predicted octanol–water partition coefficient (Wildman–Crippen LogP) is 2.85. The van der Waals surface area contributed by atoms with Crippen LogP contribution in [-0.4, -0.2) is 19.6 Å². The molecule has 25 heavy (non-hydrogen) atoms. The molecule has 1 aromatic heterocycles. The molecular formula is C19H24N2O4. The highest BCUT2D eigenvalue weighted by Gasteiger charge is 2.19. The number of rotatable bonds is 7. The molecule has 1 amide bonds. The van der Waals surface area contributed by atoms with Crippen LogP contribution in [0.2, 0.25) is 0 Å². The van der Waals surface area contributed by atoms with E-state index in [1.807, 2.05) is 25.1 Å². The van der Waals surface area contributed by atoms with Gasteiger partial charge in [-0.15, -0.1) is 0 Å². The number of pyridine rings is 1. The Morgan fingerprint density at radius 2 is 1.96 bits per heavy atom. The lowest BCUT2D eigenvalue weighted by Crippen LogP contribution is -2.39. The summed E-state index contributed by atoms with van der Waals surface area (Å²) in [6.07, 6.45) is 1.30. The van der Waals surface area contributed by atoms with E-state index in [2.05, 4.69) is 19.2 Å². The summed E-state index contributed by atoms with van der Waals surface area (Å²) in [5, 5.41) is 14.5. The van der Waals surface area contributed by atoms with E-state index in [0.717, 1.165) is 5.56 Å². The fourth-order valence-corrected chi connectivity index (χ4v) is 2.29. The van der Waals surface area contributed by atoms with Crippen molar-refractivity contribution in [2.45, 2.75) is 26.8 Å². The molecule has 0 aliphatic heterocycles. The average molecular weight is 344 g/mol. The highest BCUT2D eigenvalue weighted by molar-refractivity contribution is 5.91. The van der Waals surface area contributed by atoms with Crippen molar-refractivity contribution in [3.05, 3.63) is 59.1 Å². The first-order valence-corrected chi connectivity index (χ1v) is 8.22. The van der Waals surface area contributed by atoms with Crippen LogP contribution in [0.1, 0.15) is 42.9 Å². The van der Waals surface area contributed by atoms with Gasteiger partial charge in [-0.25, -0.2) is 0 Å². The molecule has 1 heterocycles. The number of carbonyl (C=O) groups excluding carboxylic acids is 1. The van der Waals surface area contributed by atoms with Crippen LogP contribution >= 0.6 is 0 Å². The number of nitrogens with one attached hydrogen (secondary N) is 1. The molecule has 2 aromatic rings. The standard InChI is InChI=1S/C19H24N2O4/c1-13(2)12-25-17-9-8-15(11-18(17)24-4)14(3)20-19(22)16-7-5-6-10-21(16)23/h5-11,13-14H,12H2,1-4H3,(H,20,22). The summed E-state index contributed by atoms with van der Waals surface area (Å²) in [4.78, 5) is 12.3. The molecule has 0 saturated carbocycles. The third-order valence-electron chi connectivity index (χ3n) is 3.66. The molecule has 1 unspecified atom stereocenters. The van der Waals surface area contributed by atoms with Gasteiger partial charge >= 0.3 is 5.91 Å². The molecule has 0 aliphatic carbocycles. The number of aromatic nitrogens is 1. The van der Waals surface area contributed by atoms with Gasteiger partial charge in [-0.05, 0) is 36.6 Å². The lowest BCUT2D eigenvalue weighted by molar-refractivity contribution is -0.607. The van der Waals surface area contributed by atoms with Crippen molar-refractivity contribution in [3.63, 3.8) is 0 Å². The van der Waals surface area contributed by atoms with E-state index in [0.29, 0.717) is 28.8 Å². The number of methoxy groups -OCH3 is 1. The number of hydrogen-bond donors (Lipinski definition) is 1. The van der Waals surface area contributed by atoms with Crippen LogP contribution in [0, 0.1) is 11.1 Å². The van der Waals surface area contributed by atoms with Crippen molar-refractivity contribution in [1.29, 1.82) is 0 Å². The molecule has 2 rings (SSSR count). The van der Waals surface area contributed by atoms with Crippen LogP contribution < -0.4 is 19.5 Å². The summed E-state index contributed by atoms with van der Waals surface area (Å²) in [6, 6.07) is 9.96. The summed E-state index contributed by atoms with van der Waals surface area (Å²) in [5.41, 5.74) is 0.911. The number of ether oxygens (including phenoxy) is 2. The normalized spacial score (nSPS) is 11.9. The van der Waals surface area contributed by atoms with Crippen molar-refractivity contribution < 1.29 is 19.0 Å². The quantitative estimate of drug-likeness (QED) is 0.619. The van der Waals surface area contributed by atoms with Gasteiger partial charge in [-0.1, -0.05) is 19.9 Å². The highest BCUT2D eigenvalue weighted by Crippen LogP contribution is 2.30. The molecule has 0 fully saturated rings.